The zero-order valence-corrected chi connectivity index (χ0v) is 14.6. The van der Waals surface area contributed by atoms with Crippen molar-refractivity contribution in [1.29, 1.82) is 0 Å². The summed E-state index contributed by atoms with van der Waals surface area (Å²) in [5.74, 6) is -0.380. The molecule has 0 aliphatic carbocycles. The maximum absolute atomic E-state index is 12.2. The third-order valence-corrected chi connectivity index (χ3v) is 3.82. The number of carbonyl (C=O) groups is 2. The standard InChI is InChI=1S/C22H19N3O2/c26-21(10-9-17-5-2-1-3-6-17)24-16-18-7-4-8-20(15-18)25-22(27)19-11-13-23-14-12-19/h1-15H,16H2,(H,24,26)(H,25,27)/b10-9+. The van der Waals surface area contributed by atoms with Gasteiger partial charge in [0.05, 0.1) is 0 Å². The first-order chi connectivity index (χ1) is 13.2. The Bertz CT molecular complexity index is 938. The van der Waals surface area contributed by atoms with Crippen LogP contribution < -0.4 is 10.6 Å². The normalized spacial score (nSPS) is 10.5. The van der Waals surface area contributed by atoms with E-state index in [-0.39, 0.29) is 11.8 Å². The van der Waals surface area contributed by atoms with Crippen LogP contribution in [0.25, 0.3) is 6.08 Å². The Balaban J connectivity index is 1.55. The molecule has 1 aromatic heterocycles. The summed E-state index contributed by atoms with van der Waals surface area (Å²) < 4.78 is 0. The fourth-order valence-electron chi connectivity index (χ4n) is 2.45. The Hall–Kier alpha value is -3.73. The summed E-state index contributed by atoms with van der Waals surface area (Å²) in [6.07, 6.45) is 6.42. The summed E-state index contributed by atoms with van der Waals surface area (Å²) in [6, 6.07) is 20.3. The van der Waals surface area contributed by atoms with Crippen LogP contribution in [-0.2, 0) is 11.3 Å². The van der Waals surface area contributed by atoms with Gasteiger partial charge in [0.2, 0.25) is 5.91 Å². The SMILES string of the molecule is O=C(/C=C/c1ccccc1)NCc1cccc(NC(=O)c2ccncc2)c1. The van der Waals surface area contributed by atoms with Gasteiger partial charge in [0, 0.05) is 36.3 Å². The Kier molecular flexibility index (Phi) is 6.09. The van der Waals surface area contributed by atoms with Crippen molar-refractivity contribution in [3.63, 3.8) is 0 Å². The Morgan fingerprint density at radius 2 is 1.70 bits per heavy atom. The Morgan fingerprint density at radius 3 is 2.48 bits per heavy atom. The van der Waals surface area contributed by atoms with Crippen LogP contribution in [-0.4, -0.2) is 16.8 Å². The molecule has 3 aromatic rings. The van der Waals surface area contributed by atoms with Crippen molar-refractivity contribution in [2.75, 3.05) is 5.32 Å². The van der Waals surface area contributed by atoms with E-state index < -0.39 is 0 Å². The minimum Gasteiger partial charge on any atom is -0.348 e. The number of nitrogens with one attached hydrogen (secondary N) is 2. The van der Waals surface area contributed by atoms with Gasteiger partial charge in [-0.2, -0.15) is 0 Å². The topological polar surface area (TPSA) is 71.1 Å². The van der Waals surface area contributed by atoms with E-state index in [9.17, 15) is 9.59 Å². The number of benzene rings is 2. The second-order valence-corrected chi connectivity index (χ2v) is 5.85. The van der Waals surface area contributed by atoms with Crippen molar-refractivity contribution >= 4 is 23.6 Å². The fourth-order valence-corrected chi connectivity index (χ4v) is 2.45. The van der Waals surface area contributed by atoms with Gasteiger partial charge in [-0.25, -0.2) is 0 Å². The lowest BCUT2D eigenvalue weighted by molar-refractivity contribution is -0.116. The van der Waals surface area contributed by atoms with Crippen LogP contribution >= 0.6 is 0 Å². The van der Waals surface area contributed by atoms with Crippen LogP contribution in [0.1, 0.15) is 21.5 Å². The molecule has 0 fully saturated rings. The highest BCUT2D eigenvalue weighted by Crippen LogP contribution is 2.12. The van der Waals surface area contributed by atoms with Crippen molar-refractivity contribution in [3.8, 4) is 0 Å². The van der Waals surface area contributed by atoms with Gasteiger partial charge in [-0.15, -0.1) is 0 Å². The molecule has 2 amide bonds. The monoisotopic (exact) mass is 357 g/mol. The van der Waals surface area contributed by atoms with Gasteiger partial charge in [-0.1, -0.05) is 42.5 Å². The molecule has 1 heterocycles. The molecule has 0 aliphatic rings. The van der Waals surface area contributed by atoms with Gasteiger partial charge in [0.25, 0.3) is 5.91 Å². The molecule has 0 spiro atoms. The van der Waals surface area contributed by atoms with Gasteiger partial charge in [0.1, 0.15) is 0 Å². The summed E-state index contributed by atoms with van der Waals surface area (Å²) in [4.78, 5) is 28.1. The zero-order valence-electron chi connectivity index (χ0n) is 14.6. The number of nitrogens with zero attached hydrogens (tertiary/aromatic N) is 1. The maximum atomic E-state index is 12.2. The first-order valence-corrected chi connectivity index (χ1v) is 8.52. The van der Waals surface area contributed by atoms with Crippen molar-refractivity contribution in [2.45, 2.75) is 6.54 Å². The van der Waals surface area contributed by atoms with E-state index in [1.807, 2.05) is 48.5 Å². The highest BCUT2D eigenvalue weighted by molar-refractivity contribution is 6.04. The van der Waals surface area contributed by atoms with Gasteiger partial charge < -0.3 is 10.6 Å². The Labute approximate surface area is 157 Å². The van der Waals surface area contributed by atoms with Crippen molar-refractivity contribution < 1.29 is 9.59 Å². The first kappa shape index (κ1) is 18.1. The van der Waals surface area contributed by atoms with Crippen molar-refractivity contribution in [2.24, 2.45) is 0 Å². The van der Waals surface area contributed by atoms with Crippen LogP contribution in [0.5, 0.6) is 0 Å². The number of rotatable bonds is 6. The molecular formula is C22H19N3O2. The molecule has 5 heteroatoms. The number of anilines is 1. The lowest BCUT2D eigenvalue weighted by Crippen LogP contribution is -2.20. The summed E-state index contributed by atoms with van der Waals surface area (Å²) >= 11 is 0. The second-order valence-electron chi connectivity index (χ2n) is 5.85. The number of hydrogen-bond acceptors (Lipinski definition) is 3. The second kappa shape index (κ2) is 9.10. The average Bonchev–Trinajstić information content (AvgIpc) is 2.72. The molecule has 5 nitrogen and oxygen atoms in total. The molecule has 134 valence electrons. The third kappa shape index (κ3) is 5.64. The molecule has 3 rings (SSSR count). The molecule has 0 saturated carbocycles. The minimum atomic E-state index is -0.204. The largest absolute Gasteiger partial charge is 0.348 e. The maximum Gasteiger partial charge on any atom is 0.255 e. The molecule has 2 aromatic carbocycles. The van der Waals surface area contributed by atoms with E-state index in [0.29, 0.717) is 17.8 Å². The number of carbonyl (C=O) groups excluding carboxylic acids is 2. The molecule has 0 radical (unpaired) electrons. The molecule has 0 unspecified atom stereocenters. The van der Waals surface area contributed by atoms with Crippen LogP contribution in [0, 0.1) is 0 Å². The molecular weight excluding hydrogens is 338 g/mol. The van der Waals surface area contributed by atoms with Crippen LogP contribution in [0.2, 0.25) is 0 Å². The fraction of sp³-hybridized carbons (Fsp3) is 0.0455. The quantitative estimate of drug-likeness (QED) is 0.661. The van der Waals surface area contributed by atoms with Crippen LogP contribution in [0.15, 0.2) is 85.2 Å². The van der Waals surface area contributed by atoms with Gasteiger partial charge in [-0.05, 0) is 41.5 Å². The van der Waals surface area contributed by atoms with Crippen molar-refractivity contribution in [3.05, 3.63) is 102 Å². The van der Waals surface area contributed by atoms with Gasteiger partial charge in [-0.3, -0.25) is 14.6 Å². The van der Waals surface area contributed by atoms with E-state index in [2.05, 4.69) is 15.6 Å². The van der Waals surface area contributed by atoms with E-state index in [4.69, 9.17) is 0 Å². The zero-order chi connectivity index (χ0) is 18.9. The third-order valence-electron chi connectivity index (χ3n) is 3.82. The molecule has 0 saturated heterocycles. The summed E-state index contributed by atoms with van der Waals surface area (Å²) in [6.45, 7) is 0.372. The minimum absolute atomic E-state index is 0.176. The molecule has 0 atom stereocenters. The average molecular weight is 357 g/mol. The predicted octanol–water partition coefficient (Wildman–Crippen LogP) is 3.66. The van der Waals surface area contributed by atoms with E-state index in [1.165, 1.54) is 6.08 Å². The molecule has 0 bridgehead atoms. The highest BCUT2D eigenvalue weighted by atomic mass is 16.2. The molecule has 2 N–H and O–H groups in total. The summed E-state index contributed by atoms with van der Waals surface area (Å²) in [5, 5.41) is 5.67. The van der Waals surface area contributed by atoms with Crippen LogP contribution in [0.3, 0.4) is 0 Å². The molecule has 27 heavy (non-hydrogen) atoms. The van der Waals surface area contributed by atoms with Gasteiger partial charge in [0.15, 0.2) is 0 Å². The van der Waals surface area contributed by atoms with E-state index >= 15 is 0 Å². The number of amides is 2. The molecule has 0 aliphatic heterocycles. The summed E-state index contributed by atoms with van der Waals surface area (Å²) in [5.41, 5.74) is 3.07. The first-order valence-electron chi connectivity index (χ1n) is 8.52. The van der Waals surface area contributed by atoms with Gasteiger partial charge >= 0.3 is 0 Å². The van der Waals surface area contributed by atoms with Crippen LogP contribution in [0.4, 0.5) is 5.69 Å². The highest BCUT2D eigenvalue weighted by Gasteiger charge is 2.06. The lowest BCUT2D eigenvalue weighted by atomic mass is 10.2. The van der Waals surface area contributed by atoms with Crippen molar-refractivity contribution in [1.82, 2.24) is 10.3 Å². The number of pyridine rings is 1. The Morgan fingerprint density at radius 1 is 0.926 bits per heavy atom. The smallest absolute Gasteiger partial charge is 0.255 e. The lowest BCUT2D eigenvalue weighted by Gasteiger charge is -2.08. The van der Waals surface area contributed by atoms with E-state index in [1.54, 1.807) is 36.7 Å². The summed E-state index contributed by atoms with van der Waals surface area (Å²) in [7, 11) is 0. The number of hydrogen-bond donors (Lipinski definition) is 2. The number of aromatic nitrogens is 1. The predicted molar refractivity (Wildman–Crippen MR) is 106 cm³/mol. The van der Waals surface area contributed by atoms with E-state index in [0.717, 1.165) is 11.1 Å².